The molecule has 2 heteroatoms. The van der Waals surface area contributed by atoms with Gasteiger partial charge in [0.1, 0.15) is 5.82 Å². The average molecular weight is 355 g/mol. The fourth-order valence-electron chi connectivity index (χ4n) is 3.97. The van der Waals surface area contributed by atoms with Gasteiger partial charge in [0, 0.05) is 17.5 Å². The molecule has 0 heterocycles. The summed E-state index contributed by atoms with van der Waals surface area (Å²) < 4.78 is 15.3. The molecule has 0 aromatic heterocycles. The van der Waals surface area contributed by atoms with E-state index in [4.69, 9.17) is 5.26 Å². The van der Waals surface area contributed by atoms with Crippen LogP contribution in [-0.4, -0.2) is 0 Å². The first-order valence-corrected chi connectivity index (χ1v) is 9.65. The summed E-state index contributed by atoms with van der Waals surface area (Å²) in [4.78, 5) is 0. The van der Waals surface area contributed by atoms with Crippen LogP contribution in [0.1, 0.15) is 48.4 Å². The molecule has 0 radical (unpaired) electrons. The van der Waals surface area contributed by atoms with Gasteiger partial charge in [-0.3, -0.25) is 0 Å². The molecule has 3 aromatic carbocycles. The number of benzene rings is 3. The van der Waals surface area contributed by atoms with Gasteiger partial charge in [-0.15, -0.1) is 0 Å². The lowest BCUT2D eigenvalue weighted by atomic mass is 9.97. The molecule has 3 aromatic rings. The number of fused-ring (bicyclic) bond motifs is 3. The third-order valence-electron chi connectivity index (χ3n) is 5.46. The molecule has 0 amide bonds. The summed E-state index contributed by atoms with van der Waals surface area (Å²) in [6, 6.07) is 19.7. The number of nitriles is 1. The summed E-state index contributed by atoms with van der Waals surface area (Å²) in [5.74, 6) is -0.138. The highest BCUT2D eigenvalue weighted by Crippen LogP contribution is 2.41. The lowest BCUT2D eigenvalue weighted by Crippen LogP contribution is -1.92. The zero-order valence-corrected chi connectivity index (χ0v) is 15.6. The maximum absolute atomic E-state index is 15.3. The highest BCUT2D eigenvalue weighted by Gasteiger charge is 2.24. The van der Waals surface area contributed by atoms with E-state index in [9.17, 15) is 0 Å². The van der Waals surface area contributed by atoms with E-state index in [1.54, 1.807) is 12.1 Å². The van der Waals surface area contributed by atoms with Gasteiger partial charge in [-0.25, -0.2) is 4.39 Å². The number of nitrogens with zero attached hydrogens (tertiary/aromatic N) is 1. The van der Waals surface area contributed by atoms with Crippen LogP contribution in [0.25, 0.3) is 22.3 Å². The van der Waals surface area contributed by atoms with Crippen LogP contribution in [0.2, 0.25) is 0 Å². The Bertz CT molecular complexity index is 1030. The monoisotopic (exact) mass is 355 g/mol. The first kappa shape index (κ1) is 17.5. The van der Waals surface area contributed by atoms with Crippen molar-refractivity contribution in [2.45, 2.75) is 39.0 Å². The molecule has 27 heavy (non-hydrogen) atoms. The van der Waals surface area contributed by atoms with Crippen molar-refractivity contribution in [3.8, 4) is 28.3 Å². The summed E-state index contributed by atoms with van der Waals surface area (Å²) in [6.07, 6.45) is 5.43. The van der Waals surface area contributed by atoms with Crippen LogP contribution in [-0.2, 0) is 12.8 Å². The van der Waals surface area contributed by atoms with Crippen molar-refractivity contribution in [1.29, 1.82) is 5.26 Å². The van der Waals surface area contributed by atoms with Crippen molar-refractivity contribution in [1.82, 2.24) is 0 Å². The summed E-state index contributed by atoms with van der Waals surface area (Å²) in [5.41, 5.74) is 7.55. The summed E-state index contributed by atoms with van der Waals surface area (Å²) in [6.45, 7) is 2.22. The zero-order valence-electron chi connectivity index (χ0n) is 15.6. The van der Waals surface area contributed by atoms with Crippen LogP contribution in [0.3, 0.4) is 0 Å². The number of aryl methyl sites for hydroxylation is 1. The molecule has 0 fully saturated rings. The molecule has 1 aliphatic rings. The third kappa shape index (κ3) is 3.26. The first-order valence-electron chi connectivity index (χ1n) is 9.65. The van der Waals surface area contributed by atoms with E-state index < -0.39 is 0 Å². The molecule has 0 unspecified atom stereocenters. The molecule has 0 N–H and O–H groups in total. The lowest BCUT2D eigenvalue weighted by molar-refractivity contribution is 0.620. The van der Waals surface area contributed by atoms with Crippen LogP contribution in [0.4, 0.5) is 4.39 Å². The standard InChI is InChI=1S/C25H22FN/c1-2-3-4-5-17-8-11-21-20(14-17)15-24-23(21)13-12-22(25(24)26)19-9-6-18(16-27)7-10-19/h6-14H,2-5,15H2,1H3. The quantitative estimate of drug-likeness (QED) is 0.367. The van der Waals surface area contributed by atoms with Crippen molar-refractivity contribution in [3.63, 3.8) is 0 Å². The minimum Gasteiger partial charge on any atom is -0.206 e. The largest absolute Gasteiger partial charge is 0.206 e. The molecular weight excluding hydrogens is 333 g/mol. The molecular formula is C25H22FN. The third-order valence-corrected chi connectivity index (χ3v) is 5.46. The normalized spacial score (nSPS) is 11.7. The molecule has 0 saturated heterocycles. The highest BCUT2D eigenvalue weighted by molar-refractivity contribution is 5.81. The fraction of sp³-hybridized carbons (Fsp3) is 0.240. The number of hydrogen-bond acceptors (Lipinski definition) is 1. The highest BCUT2D eigenvalue weighted by atomic mass is 19.1. The molecule has 0 atom stereocenters. The molecule has 134 valence electrons. The fourth-order valence-corrected chi connectivity index (χ4v) is 3.97. The Morgan fingerprint density at radius 2 is 1.67 bits per heavy atom. The van der Waals surface area contributed by atoms with Gasteiger partial charge in [-0.2, -0.15) is 5.26 Å². The molecule has 1 aliphatic carbocycles. The summed E-state index contributed by atoms with van der Waals surface area (Å²) in [5, 5.41) is 8.95. The lowest BCUT2D eigenvalue weighted by Gasteiger charge is -2.09. The van der Waals surface area contributed by atoms with Crippen molar-refractivity contribution in [3.05, 3.63) is 82.7 Å². The van der Waals surface area contributed by atoms with Crippen molar-refractivity contribution >= 4 is 0 Å². The molecule has 0 saturated carbocycles. The second kappa shape index (κ2) is 7.37. The molecule has 1 nitrogen and oxygen atoms in total. The average Bonchev–Trinajstić information content (AvgIpc) is 3.07. The number of unbranched alkanes of at least 4 members (excludes halogenated alkanes) is 2. The van der Waals surface area contributed by atoms with Gasteiger partial charge < -0.3 is 0 Å². The van der Waals surface area contributed by atoms with Gasteiger partial charge in [-0.1, -0.05) is 62.2 Å². The number of rotatable bonds is 5. The van der Waals surface area contributed by atoms with Gasteiger partial charge >= 0.3 is 0 Å². The van der Waals surface area contributed by atoms with Crippen molar-refractivity contribution in [2.24, 2.45) is 0 Å². The molecule has 0 aliphatic heterocycles. The Balaban J connectivity index is 1.66. The SMILES string of the molecule is CCCCCc1ccc2c(c1)Cc1c-2ccc(-c2ccc(C#N)cc2)c1F. The molecule has 4 rings (SSSR count). The minimum absolute atomic E-state index is 0.138. The van der Waals surface area contributed by atoms with Gasteiger partial charge in [0.05, 0.1) is 11.6 Å². The van der Waals surface area contributed by atoms with Crippen molar-refractivity contribution < 1.29 is 4.39 Å². The molecule has 0 bridgehead atoms. The van der Waals surface area contributed by atoms with Crippen molar-refractivity contribution in [2.75, 3.05) is 0 Å². The van der Waals surface area contributed by atoms with Crippen LogP contribution >= 0.6 is 0 Å². The van der Waals surface area contributed by atoms with E-state index >= 15 is 4.39 Å². The summed E-state index contributed by atoms with van der Waals surface area (Å²) in [7, 11) is 0. The predicted molar refractivity (Wildman–Crippen MR) is 108 cm³/mol. The van der Waals surface area contributed by atoms with E-state index in [0.29, 0.717) is 17.5 Å². The number of hydrogen-bond donors (Lipinski definition) is 0. The van der Waals surface area contributed by atoms with Gasteiger partial charge in [0.2, 0.25) is 0 Å². The van der Waals surface area contributed by atoms with Gasteiger partial charge in [-0.05, 0) is 52.8 Å². The smallest absolute Gasteiger partial charge is 0.135 e. The van der Waals surface area contributed by atoms with Gasteiger partial charge in [0.25, 0.3) is 0 Å². The minimum atomic E-state index is -0.138. The van der Waals surface area contributed by atoms with E-state index in [2.05, 4.69) is 31.2 Å². The maximum Gasteiger partial charge on any atom is 0.135 e. The number of halogens is 1. The van der Waals surface area contributed by atoms with Crippen LogP contribution in [0.15, 0.2) is 54.6 Å². The zero-order chi connectivity index (χ0) is 18.8. The summed E-state index contributed by atoms with van der Waals surface area (Å²) >= 11 is 0. The Labute approximate surface area is 160 Å². The molecule has 0 spiro atoms. The topological polar surface area (TPSA) is 23.8 Å². The first-order chi connectivity index (χ1) is 13.2. The Hall–Kier alpha value is -2.92. The van der Waals surface area contributed by atoms with E-state index in [-0.39, 0.29) is 5.82 Å². The second-order valence-corrected chi connectivity index (χ2v) is 7.27. The Morgan fingerprint density at radius 3 is 2.41 bits per heavy atom. The van der Waals surface area contributed by atoms with Crippen LogP contribution < -0.4 is 0 Å². The van der Waals surface area contributed by atoms with Crippen LogP contribution in [0, 0.1) is 17.1 Å². The Kier molecular flexibility index (Phi) is 4.77. The van der Waals surface area contributed by atoms with E-state index in [0.717, 1.165) is 28.7 Å². The van der Waals surface area contributed by atoms with E-state index in [1.807, 2.05) is 24.3 Å². The van der Waals surface area contributed by atoms with E-state index in [1.165, 1.54) is 30.4 Å². The Morgan fingerprint density at radius 1 is 0.926 bits per heavy atom. The van der Waals surface area contributed by atoms with Gasteiger partial charge in [0.15, 0.2) is 0 Å². The predicted octanol–water partition coefficient (Wildman–Crippen LogP) is 6.67. The van der Waals surface area contributed by atoms with Crippen LogP contribution in [0.5, 0.6) is 0 Å². The maximum atomic E-state index is 15.3. The second-order valence-electron chi connectivity index (χ2n) is 7.27.